The molecule has 0 bridgehead atoms. The fourth-order valence-corrected chi connectivity index (χ4v) is 2.88. The maximum absolute atomic E-state index is 12.0. The van der Waals surface area contributed by atoms with Crippen LogP contribution in [0.4, 0.5) is 5.82 Å². The molecule has 0 atom stereocenters. The van der Waals surface area contributed by atoms with Gasteiger partial charge < -0.3 is 10.2 Å². The molecule has 1 aliphatic heterocycles. The first kappa shape index (κ1) is 14.2. The Balaban J connectivity index is 1.47. The van der Waals surface area contributed by atoms with E-state index in [-0.39, 0.29) is 5.91 Å². The van der Waals surface area contributed by atoms with Crippen LogP contribution in [0.25, 0.3) is 11.3 Å². The van der Waals surface area contributed by atoms with E-state index in [0.29, 0.717) is 11.6 Å². The summed E-state index contributed by atoms with van der Waals surface area (Å²) in [6.45, 7) is 2.14. The molecule has 2 aliphatic rings. The van der Waals surface area contributed by atoms with Gasteiger partial charge in [0, 0.05) is 30.3 Å². The molecule has 23 heavy (non-hydrogen) atoms. The van der Waals surface area contributed by atoms with E-state index in [4.69, 9.17) is 0 Å². The quantitative estimate of drug-likeness (QED) is 0.943. The van der Waals surface area contributed by atoms with Crippen LogP contribution in [-0.4, -0.2) is 35.2 Å². The zero-order chi connectivity index (χ0) is 15.6. The number of carbonyl (C=O) groups excluding carboxylic acids is 1. The third-order valence-electron chi connectivity index (χ3n) is 4.44. The molecule has 0 radical (unpaired) electrons. The molecule has 2 heterocycles. The van der Waals surface area contributed by atoms with Crippen molar-refractivity contribution in [3.8, 4) is 11.3 Å². The number of hydrogen-bond donors (Lipinski definition) is 1. The maximum atomic E-state index is 12.0. The van der Waals surface area contributed by atoms with Gasteiger partial charge in [-0.15, -0.1) is 10.2 Å². The first-order valence-electron chi connectivity index (χ1n) is 8.29. The standard InChI is InChI=1S/C18H20N4O/c23-18(19-15-7-8-15)14-5-3-13(4-6-14)16-9-10-17(21-20-16)22-11-1-2-12-22/h3-6,9-10,15H,1-2,7-8,11-12H2,(H,19,23). The molecule has 0 unspecified atom stereocenters. The van der Waals surface area contributed by atoms with E-state index in [0.717, 1.165) is 43.0 Å². The number of aromatic nitrogens is 2. The van der Waals surface area contributed by atoms with Gasteiger partial charge in [0.1, 0.15) is 0 Å². The molecule has 118 valence electrons. The highest BCUT2D eigenvalue weighted by Gasteiger charge is 2.23. The van der Waals surface area contributed by atoms with E-state index in [2.05, 4.69) is 20.4 Å². The Kier molecular flexibility index (Phi) is 3.69. The Hall–Kier alpha value is -2.43. The van der Waals surface area contributed by atoms with Crippen molar-refractivity contribution in [1.29, 1.82) is 0 Å². The molecular weight excluding hydrogens is 288 g/mol. The summed E-state index contributed by atoms with van der Waals surface area (Å²) in [5.74, 6) is 0.959. The predicted molar refractivity (Wildman–Crippen MR) is 89.4 cm³/mol. The molecule has 1 aromatic carbocycles. The van der Waals surface area contributed by atoms with Gasteiger partial charge in [-0.05, 0) is 49.9 Å². The minimum atomic E-state index is 0.00881. The van der Waals surface area contributed by atoms with Gasteiger partial charge in [-0.2, -0.15) is 0 Å². The summed E-state index contributed by atoms with van der Waals surface area (Å²) in [5, 5.41) is 11.7. The second-order valence-corrected chi connectivity index (χ2v) is 6.30. The average Bonchev–Trinajstić information content (AvgIpc) is 3.24. The molecule has 2 fully saturated rings. The predicted octanol–water partition coefficient (Wildman–Crippen LogP) is 2.64. The second-order valence-electron chi connectivity index (χ2n) is 6.30. The van der Waals surface area contributed by atoms with Crippen molar-refractivity contribution in [2.75, 3.05) is 18.0 Å². The fourth-order valence-electron chi connectivity index (χ4n) is 2.88. The van der Waals surface area contributed by atoms with E-state index in [9.17, 15) is 4.79 Å². The summed E-state index contributed by atoms with van der Waals surface area (Å²) in [4.78, 5) is 14.3. The molecule has 1 saturated carbocycles. The smallest absolute Gasteiger partial charge is 0.251 e. The normalized spacial score (nSPS) is 17.3. The molecule has 1 N–H and O–H groups in total. The van der Waals surface area contributed by atoms with Crippen molar-refractivity contribution >= 4 is 11.7 Å². The van der Waals surface area contributed by atoms with Crippen LogP contribution in [0.15, 0.2) is 36.4 Å². The minimum Gasteiger partial charge on any atom is -0.355 e. The Morgan fingerprint density at radius 2 is 1.74 bits per heavy atom. The molecule has 1 aromatic heterocycles. The second kappa shape index (κ2) is 5.99. The molecule has 1 saturated heterocycles. The summed E-state index contributed by atoms with van der Waals surface area (Å²) in [5.41, 5.74) is 2.51. The molecule has 1 amide bonds. The SMILES string of the molecule is O=C(NC1CC1)c1ccc(-c2ccc(N3CCCC3)nn2)cc1. The molecule has 0 spiro atoms. The summed E-state index contributed by atoms with van der Waals surface area (Å²) in [7, 11) is 0. The fraction of sp³-hybridized carbons (Fsp3) is 0.389. The maximum Gasteiger partial charge on any atom is 0.251 e. The first-order valence-corrected chi connectivity index (χ1v) is 8.29. The Bertz CT molecular complexity index is 686. The van der Waals surface area contributed by atoms with Crippen LogP contribution in [0.3, 0.4) is 0 Å². The number of nitrogens with zero attached hydrogens (tertiary/aromatic N) is 3. The van der Waals surface area contributed by atoms with Gasteiger partial charge in [0.25, 0.3) is 5.91 Å². The lowest BCUT2D eigenvalue weighted by Gasteiger charge is -2.15. The first-order chi connectivity index (χ1) is 11.3. The van der Waals surface area contributed by atoms with E-state index >= 15 is 0 Å². The number of amides is 1. The van der Waals surface area contributed by atoms with E-state index in [1.807, 2.05) is 36.4 Å². The molecule has 4 rings (SSSR count). The van der Waals surface area contributed by atoms with Gasteiger partial charge in [-0.25, -0.2) is 0 Å². The van der Waals surface area contributed by atoms with Gasteiger partial charge in [0.05, 0.1) is 5.69 Å². The Morgan fingerprint density at radius 1 is 1.00 bits per heavy atom. The molecule has 5 heteroatoms. The number of anilines is 1. The molecule has 5 nitrogen and oxygen atoms in total. The van der Waals surface area contributed by atoms with Gasteiger partial charge in [-0.1, -0.05) is 12.1 Å². The van der Waals surface area contributed by atoms with Crippen LogP contribution in [0, 0.1) is 0 Å². The van der Waals surface area contributed by atoms with Crippen molar-refractivity contribution in [2.24, 2.45) is 0 Å². The summed E-state index contributed by atoms with van der Waals surface area (Å²) < 4.78 is 0. The summed E-state index contributed by atoms with van der Waals surface area (Å²) in [6.07, 6.45) is 4.66. The summed E-state index contributed by atoms with van der Waals surface area (Å²) in [6, 6.07) is 12.0. The monoisotopic (exact) mass is 308 g/mol. The zero-order valence-corrected chi connectivity index (χ0v) is 13.0. The topological polar surface area (TPSA) is 58.1 Å². The van der Waals surface area contributed by atoms with Gasteiger partial charge in [0.2, 0.25) is 0 Å². The van der Waals surface area contributed by atoms with Crippen molar-refractivity contribution in [1.82, 2.24) is 15.5 Å². The van der Waals surface area contributed by atoms with E-state index in [1.54, 1.807) is 0 Å². The lowest BCUT2D eigenvalue weighted by molar-refractivity contribution is 0.0951. The lowest BCUT2D eigenvalue weighted by Crippen LogP contribution is -2.25. The van der Waals surface area contributed by atoms with E-state index in [1.165, 1.54) is 12.8 Å². The zero-order valence-electron chi connectivity index (χ0n) is 13.0. The largest absolute Gasteiger partial charge is 0.355 e. The highest BCUT2D eigenvalue weighted by Crippen LogP contribution is 2.22. The van der Waals surface area contributed by atoms with Crippen molar-refractivity contribution in [3.63, 3.8) is 0 Å². The molecule has 1 aliphatic carbocycles. The number of benzene rings is 1. The van der Waals surface area contributed by atoms with Crippen molar-refractivity contribution < 1.29 is 4.79 Å². The van der Waals surface area contributed by atoms with Crippen molar-refractivity contribution in [2.45, 2.75) is 31.7 Å². The Morgan fingerprint density at radius 3 is 2.35 bits per heavy atom. The number of rotatable bonds is 4. The van der Waals surface area contributed by atoms with Crippen LogP contribution >= 0.6 is 0 Å². The lowest BCUT2D eigenvalue weighted by atomic mass is 10.1. The highest BCUT2D eigenvalue weighted by molar-refractivity contribution is 5.95. The minimum absolute atomic E-state index is 0.00881. The van der Waals surface area contributed by atoms with Crippen LogP contribution in [0.5, 0.6) is 0 Å². The van der Waals surface area contributed by atoms with Crippen molar-refractivity contribution in [3.05, 3.63) is 42.0 Å². The highest BCUT2D eigenvalue weighted by atomic mass is 16.1. The molecule has 2 aromatic rings. The Labute approximate surface area is 135 Å². The molecular formula is C18H20N4O. The van der Waals surface area contributed by atoms with Crippen LogP contribution < -0.4 is 10.2 Å². The average molecular weight is 308 g/mol. The van der Waals surface area contributed by atoms with Gasteiger partial charge >= 0.3 is 0 Å². The number of carbonyl (C=O) groups is 1. The third-order valence-corrected chi connectivity index (χ3v) is 4.44. The van der Waals surface area contributed by atoms with Gasteiger partial charge in [0.15, 0.2) is 5.82 Å². The third kappa shape index (κ3) is 3.18. The number of hydrogen-bond acceptors (Lipinski definition) is 4. The van der Waals surface area contributed by atoms with Crippen LogP contribution in [-0.2, 0) is 0 Å². The van der Waals surface area contributed by atoms with Gasteiger partial charge in [-0.3, -0.25) is 4.79 Å². The van der Waals surface area contributed by atoms with E-state index < -0.39 is 0 Å². The van der Waals surface area contributed by atoms with Crippen LogP contribution in [0.1, 0.15) is 36.0 Å². The van der Waals surface area contributed by atoms with Crippen LogP contribution in [0.2, 0.25) is 0 Å². The number of nitrogens with one attached hydrogen (secondary N) is 1. The summed E-state index contributed by atoms with van der Waals surface area (Å²) >= 11 is 0.